The molecular formula is C14H21ClN2S2. The van der Waals surface area contributed by atoms with Gasteiger partial charge in [-0.25, -0.2) is 0 Å². The summed E-state index contributed by atoms with van der Waals surface area (Å²) in [5, 5.41) is 2.08. The lowest BCUT2D eigenvalue weighted by atomic mass is 10.0. The number of thioether (sulfide) groups is 2. The van der Waals surface area contributed by atoms with Crippen molar-refractivity contribution in [1.82, 2.24) is 5.43 Å². The van der Waals surface area contributed by atoms with Gasteiger partial charge in [-0.3, -0.25) is 11.3 Å². The Morgan fingerprint density at radius 1 is 1.37 bits per heavy atom. The second kappa shape index (κ2) is 7.79. The number of nitrogens with one attached hydrogen (secondary N) is 1. The van der Waals surface area contributed by atoms with E-state index in [1.807, 2.05) is 30.0 Å². The fourth-order valence-electron chi connectivity index (χ4n) is 2.48. The van der Waals surface area contributed by atoms with E-state index in [4.69, 9.17) is 17.4 Å². The molecule has 3 atom stereocenters. The molecule has 1 heterocycles. The van der Waals surface area contributed by atoms with Gasteiger partial charge in [-0.15, -0.1) is 0 Å². The van der Waals surface area contributed by atoms with Gasteiger partial charge in [-0.1, -0.05) is 36.7 Å². The number of hydrogen-bond acceptors (Lipinski definition) is 4. The summed E-state index contributed by atoms with van der Waals surface area (Å²) in [6.07, 6.45) is 2.09. The number of rotatable bonds is 5. The van der Waals surface area contributed by atoms with E-state index >= 15 is 0 Å². The zero-order valence-electron chi connectivity index (χ0n) is 11.1. The smallest absolute Gasteiger partial charge is 0.0438 e. The number of nitrogens with two attached hydrogens (primary N) is 1. The average Bonchev–Trinajstić information content (AvgIpc) is 2.46. The maximum Gasteiger partial charge on any atom is 0.0438 e. The largest absolute Gasteiger partial charge is 0.271 e. The summed E-state index contributed by atoms with van der Waals surface area (Å²) < 4.78 is 0. The van der Waals surface area contributed by atoms with Crippen LogP contribution in [-0.4, -0.2) is 28.0 Å². The summed E-state index contributed by atoms with van der Waals surface area (Å²) in [7, 11) is 0. The quantitative estimate of drug-likeness (QED) is 0.645. The summed E-state index contributed by atoms with van der Waals surface area (Å²) in [6.45, 7) is 2.26. The Bertz CT molecular complexity index is 403. The molecule has 19 heavy (non-hydrogen) atoms. The lowest BCUT2D eigenvalue weighted by Crippen LogP contribution is -2.49. The van der Waals surface area contributed by atoms with Crippen LogP contribution < -0.4 is 11.3 Å². The fraction of sp³-hybridized carbons (Fsp3) is 0.571. The molecule has 1 aromatic rings. The van der Waals surface area contributed by atoms with Gasteiger partial charge in [0, 0.05) is 33.1 Å². The van der Waals surface area contributed by atoms with Gasteiger partial charge in [0.05, 0.1) is 0 Å². The molecule has 2 rings (SSSR count). The average molecular weight is 317 g/mol. The van der Waals surface area contributed by atoms with Crippen molar-refractivity contribution < 1.29 is 0 Å². The Labute approximate surface area is 129 Å². The Hall–Kier alpha value is 0.130. The number of hydrogen-bond donors (Lipinski definition) is 2. The second-order valence-corrected chi connectivity index (χ2v) is 7.76. The summed E-state index contributed by atoms with van der Waals surface area (Å²) >= 11 is 10.4. The van der Waals surface area contributed by atoms with Gasteiger partial charge in [0.1, 0.15) is 0 Å². The van der Waals surface area contributed by atoms with E-state index in [1.54, 1.807) is 0 Å². The van der Waals surface area contributed by atoms with Crippen LogP contribution in [-0.2, 0) is 6.42 Å². The van der Waals surface area contributed by atoms with Gasteiger partial charge in [-0.05, 0) is 24.5 Å². The SMILES string of the molecule is CCC1SCCSC1C(Cc1ccccc1Cl)NN. The van der Waals surface area contributed by atoms with E-state index in [9.17, 15) is 0 Å². The molecule has 0 amide bonds. The van der Waals surface area contributed by atoms with Gasteiger partial charge >= 0.3 is 0 Å². The van der Waals surface area contributed by atoms with E-state index in [-0.39, 0.29) is 6.04 Å². The molecule has 1 fully saturated rings. The van der Waals surface area contributed by atoms with Crippen LogP contribution in [0.15, 0.2) is 24.3 Å². The molecule has 0 aromatic heterocycles. The summed E-state index contributed by atoms with van der Waals surface area (Å²) in [4.78, 5) is 0. The monoisotopic (exact) mass is 316 g/mol. The van der Waals surface area contributed by atoms with Crippen molar-refractivity contribution in [2.24, 2.45) is 5.84 Å². The fourth-order valence-corrected chi connectivity index (χ4v) is 5.94. The predicted octanol–water partition coefficient (Wildman–Crippen LogP) is 3.34. The number of halogens is 1. The highest BCUT2D eigenvalue weighted by Gasteiger charge is 2.31. The van der Waals surface area contributed by atoms with E-state index in [1.165, 1.54) is 23.5 Å². The Kier molecular flexibility index (Phi) is 6.36. The lowest BCUT2D eigenvalue weighted by Gasteiger charge is -2.35. The van der Waals surface area contributed by atoms with Crippen LogP contribution in [0, 0.1) is 0 Å². The lowest BCUT2D eigenvalue weighted by molar-refractivity contribution is 0.490. The zero-order chi connectivity index (χ0) is 13.7. The molecule has 2 nitrogen and oxygen atoms in total. The van der Waals surface area contributed by atoms with Crippen molar-refractivity contribution in [3.8, 4) is 0 Å². The summed E-state index contributed by atoms with van der Waals surface area (Å²) in [6, 6.07) is 8.33. The van der Waals surface area contributed by atoms with Crippen LogP contribution in [0.3, 0.4) is 0 Å². The minimum atomic E-state index is 0.280. The number of benzene rings is 1. The molecule has 1 aliphatic heterocycles. The van der Waals surface area contributed by atoms with Crippen molar-refractivity contribution in [3.05, 3.63) is 34.9 Å². The molecule has 3 N–H and O–H groups in total. The van der Waals surface area contributed by atoms with Crippen LogP contribution in [0.2, 0.25) is 5.02 Å². The maximum atomic E-state index is 6.25. The highest BCUT2D eigenvalue weighted by molar-refractivity contribution is 8.07. The molecule has 0 aliphatic carbocycles. The van der Waals surface area contributed by atoms with Gasteiger partial charge in [0.25, 0.3) is 0 Å². The van der Waals surface area contributed by atoms with Crippen LogP contribution >= 0.6 is 35.1 Å². The normalized spacial score (nSPS) is 25.2. The third kappa shape index (κ3) is 4.05. The molecular weight excluding hydrogens is 296 g/mol. The van der Waals surface area contributed by atoms with Crippen molar-refractivity contribution in [1.29, 1.82) is 0 Å². The van der Waals surface area contributed by atoms with Crippen molar-refractivity contribution in [3.63, 3.8) is 0 Å². The molecule has 0 saturated carbocycles. The summed E-state index contributed by atoms with van der Waals surface area (Å²) in [5.74, 6) is 8.27. The van der Waals surface area contributed by atoms with Crippen molar-refractivity contribution >= 4 is 35.1 Å². The molecule has 5 heteroatoms. The maximum absolute atomic E-state index is 6.25. The van der Waals surface area contributed by atoms with Crippen LogP contribution in [0.25, 0.3) is 0 Å². The molecule has 1 saturated heterocycles. The van der Waals surface area contributed by atoms with E-state index in [2.05, 4.69) is 30.2 Å². The third-order valence-electron chi connectivity index (χ3n) is 3.50. The Morgan fingerprint density at radius 2 is 2.11 bits per heavy atom. The van der Waals surface area contributed by atoms with E-state index in [0.29, 0.717) is 10.5 Å². The minimum Gasteiger partial charge on any atom is -0.271 e. The highest BCUT2D eigenvalue weighted by atomic mass is 35.5. The van der Waals surface area contributed by atoms with Gasteiger partial charge < -0.3 is 0 Å². The first-order valence-corrected chi connectivity index (χ1v) is 9.16. The molecule has 0 spiro atoms. The van der Waals surface area contributed by atoms with E-state index in [0.717, 1.165) is 11.4 Å². The van der Waals surface area contributed by atoms with Gasteiger partial charge in [-0.2, -0.15) is 23.5 Å². The van der Waals surface area contributed by atoms with Gasteiger partial charge in [0.2, 0.25) is 0 Å². The molecule has 106 valence electrons. The molecule has 0 bridgehead atoms. The van der Waals surface area contributed by atoms with Gasteiger partial charge in [0.15, 0.2) is 0 Å². The predicted molar refractivity (Wildman–Crippen MR) is 89.1 cm³/mol. The van der Waals surface area contributed by atoms with Crippen molar-refractivity contribution in [2.45, 2.75) is 36.3 Å². The van der Waals surface area contributed by atoms with E-state index < -0.39 is 0 Å². The molecule has 3 unspecified atom stereocenters. The third-order valence-corrected chi connectivity index (χ3v) is 7.28. The standard InChI is InChI=1S/C14H21ClN2S2/c1-2-13-14(19-8-7-18-13)12(17-16)9-10-5-3-4-6-11(10)15/h3-6,12-14,17H,2,7-9,16H2,1H3. The topological polar surface area (TPSA) is 38.0 Å². The Morgan fingerprint density at radius 3 is 2.79 bits per heavy atom. The van der Waals surface area contributed by atoms with Crippen LogP contribution in [0.4, 0.5) is 0 Å². The first-order chi connectivity index (χ1) is 9.26. The molecule has 1 aromatic carbocycles. The number of hydrazine groups is 1. The molecule has 0 radical (unpaired) electrons. The molecule has 1 aliphatic rings. The van der Waals surface area contributed by atoms with Crippen LogP contribution in [0.1, 0.15) is 18.9 Å². The first kappa shape index (κ1) is 15.5. The second-order valence-electron chi connectivity index (χ2n) is 4.72. The zero-order valence-corrected chi connectivity index (χ0v) is 13.5. The highest BCUT2D eigenvalue weighted by Crippen LogP contribution is 2.36. The first-order valence-electron chi connectivity index (χ1n) is 6.69. The Balaban J connectivity index is 2.08. The van der Waals surface area contributed by atoms with Crippen molar-refractivity contribution in [2.75, 3.05) is 11.5 Å². The summed E-state index contributed by atoms with van der Waals surface area (Å²) in [5.41, 5.74) is 4.20. The minimum absolute atomic E-state index is 0.280. The van der Waals surface area contributed by atoms with Crippen LogP contribution in [0.5, 0.6) is 0 Å².